The van der Waals surface area contributed by atoms with Gasteiger partial charge in [-0.15, -0.1) is 13.2 Å². The lowest BCUT2D eigenvalue weighted by atomic mass is 10.0. The van der Waals surface area contributed by atoms with Crippen LogP contribution in [0.25, 0.3) is 5.57 Å². The smallest absolute Gasteiger partial charge is 0.406 e. The molecule has 29 heavy (non-hydrogen) atoms. The van der Waals surface area contributed by atoms with Crippen molar-refractivity contribution in [2.75, 3.05) is 25.1 Å². The Balaban J connectivity index is 2.05. The SMILES string of the molecule is CN(CCO)C1=C(c2ccccc2)C(=O)N(c2cccc(OC(F)(F)F)c2)C1=O. The fraction of sp³-hybridized carbons (Fsp3) is 0.200. The van der Waals surface area contributed by atoms with Crippen molar-refractivity contribution in [2.24, 2.45) is 0 Å². The van der Waals surface area contributed by atoms with E-state index in [4.69, 9.17) is 0 Å². The van der Waals surface area contributed by atoms with Crippen LogP contribution in [-0.4, -0.2) is 48.4 Å². The van der Waals surface area contributed by atoms with E-state index >= 15 is 0 Å². The van der Waals surface area contributed by atoms with Crippen LogP contribution in [0.15, 0.2) is 60.3 Å². The summed E-state index contributed by atoms with van der Waals surface area (Å²) in [6.07, 6.45) is -4.91. The number of halogens is 3. The normalized spacial score (nSPS) is 14.6. The molecule has 6 nitrogen and oxygen atoms in total. The van der Waals surface area contributed by atoms with E-state index in [2.05, 4.69) is 4.74 Å². The molecule has 2 amide bonds. The number of likely N-dealkylation sites (N-methyl/N-ethyl adjacent to an activating group) is 1. The fourth-order valence-corrected chi connectivity index (χ4v) is 3.05. The van der Waals surface area contributed by atoms with Gasteiger partial charge in [0, 0.05) is 19.7 Å². The first-order valence-corrected chi connectivity index (χ1v) is 8.59. The van der Waals surface area contributed by atoms with E-state index in [1.807, 2.05) is 0 Å². The number of rotatable bonds is 6. The number of ether oxygens (including phenoxy) is 1. The van der Waals surface area contributed by atoms with E-state index in [9.17, 15) is 27.9 Å². The van der Waals surface area contributed by atoms with Crippen molar-refractivity contribution in [2.45, 2.75) is 6.36 Å². The van der Waals surface area contributed by atoms with Crippen molar-refractivity contribution < 1.29 is 32.6 Å². The van der Waals surface area contributed by atoms with Gasteiger partial charge in [0.1, 0.15) is 11.4 Å². The van der Waals surface area contributed by atoms with Crippen molar-refractivity contribution in [1.82, 2.24) is 4.90 Å². The molecule has 0 bridgehead atoms. The third-order valence-electron chi connectivity index (χ3n) is 4.25. The standard InChI is InChI=1S/C20H17F3N2O4/c1-24(10-11-26)17-16(13-6-3-2-4-7-13)18(27)25(19(17)28)14-8-5-9-15(12-14)29-20(21,22)23/h2-9,12,26H,10-11H2,1H3. The van der Waals surface area contributed by atoms with Gasteiger partial charge < -0.3 is 14.7 Å². The van der Waals surface area contributed by atoms with Crippen LogP contribution in [0.1, 0.15) is 5.56 Å². The molecule has 1 aliphatic heterocycles. The van der Waals surface area contributed by atoms with Crippen LogP contribution in [0.3, 0.4) is 0 Å². The highest BCUT2D eigenvalue weighted by atomic mass is 19.4. The monoisotopic (exact) mass is 406 g/mol. The molecule has 0 aliphatic carbocycles. The second-order valence-corrected chi connectivity index (χ2v) is 6.23. The Bertz CT molecular complexity index is 958. The molecule has 0 aromatic heterocycles. The maximum Gasteiger partial charge on any atom is 0.573 e. The second kappa shape index (κ2) is 7.96. The number of hydrogen-bond donors (Lipinski definition) is 1. The molecule has 0 radical (unpaired) electrons. The topological polar surface area (TPSA) is 70.1 Å². The minimum absolute atomic E-state index is 0.0531. The van der Waals surface area contributed by atoms with Crippen LogP contribution in [0.5, 0.6) is 5.75 Å². The molecule has 0 saturated heterocycles. The van der Waals surface area contributed by atoms with Gasteiger partial charge in [-0.2, -0.15) is 0 Å². The van der Waals surface area contributed by atoms with E-state index in [-0.39, 0.29) is 30.1 Å². The molecule has 1 N–H and O–H groups in total. The average Bonchev–Trinajstić information content (AvgIpc) is 2.92. The summed E-state index contributed by atoms with van der Waals surface area (Å²) in [5.41, 5.74) is 0.588. The first-order valence-electron chi connectivity index (χ1n) is 8.59. The summed E-state index contributed by atoms with van der Waals surface area (Å²) in [5, 5.41) is 9.24. The number of hydrogen-bond acceptors (Lipinski definition) is 5. The molecular weight excluding hydrogens is 389 g/mol. The van der Waals surface area contributed by atoms with Crippen LogP contribution in [-0.2, 0) is 9.59 Å². The maximum absolute atomic E-state index is 13.1. The number of aliphatic hydroxyl groups excluding tert-OH is 1. The van der Waals surface area contributed by atoms with E-state index in [0.717, 1.165) is 17.0 Å². The summed E-state index contributed by atoms with van der Waals surface area (Å²) in [7, 11) is 1.55. The quantitative estimate of drug-likeness (QED) is 0.748. The molecule has 2 aromatic carbocycles. The van der Waals surface area contributed by atoms with Crippen molar-refractivity contribution in [3.63, 3.8) is 0 Å². The predicted molar refractivity (Wildman–Crippen MR) is 98.7 cm³/mol. The van der Waals surface area contributed by atoms with Crippen LogP contribution >= 0.6 is 0 Å². The molecule has 0 fully saturated rings. The third kappa shape index (κ3) is 4.24. The van der Waals surface area contributed by atoms with Gasteiger partial charge in [0.15, 0.2) is 0 Å². The van der Waals surface area contributed by atoms with Gasteiger partial charge in [-0.25, -0.2) is 4.90 Å². The Morgan fingerprint density at radius 1 is 1.03 bits per heavy atom. The summed E-state index contributed by atoms with van der Waals surface area (Å²) in [4.78, 5) is 28.4. The number of aliphatic hydroxyl groups is 1. The summed E-state index contributed by atoms with van der Waals surface area (Å²) >= 11 is 0. The molecule has 152 valence electrons. The lowest BCUT2D eigenvalue weighted by Crippen LogP contribution is -2.35. The molecule has 0 unspecified atom stereocenters. The van der Waals surface area contributed by atoms with E-state index in [1.54, 1.807) is 37.4 Å². The maximum atomic E-state index is 13.1. The van der Waals surface area contributed by atoms with Gasteiger partial charge >= 0.3 is 6.36 Å². The Morgan fingerprint density at radius 2 is 1.72 bits per heavy atom. The van der Waals surface area contributed by atoms with Crippen LogP contribution in [0, 0.1) is 0 Å². The average molecular weight is 406 g/mol. The van der Waals surface area contributed by atoms with Gasteiger partial charge in [0.25, 0.3) is 11.8 Å². The summed E-state index contributed by atoms with van der Waals surface area (Å²) < 4.78 is 41.5. The van der Waals surface area contributed by atoms with Crippen molar-refractivity contribution in [1.29, 1.82) is 0 Å². The van der Waals surface area contributed by atoms with Crippen molar-refractivity contribution in [3.8, 4) is 5.75 Å². The zero-order chi connectivity index (χ0) is 21.2. The third-order valence-corrected chi connectivity index (χ3v) is 4.25. The molecule has 0 atom stereocenters. The van der Waals surface area contributed by atoms with Gasteiger partial charge in [-0.05, 0) is 17.7 Å². The molecule has 0 saturated carbocycles. The number of imide groups is 1. The fourth-order valence-electron chi connectivity index (χ4n) is 3.05. The molecule has 1 aliphatic rings. The van der Waals surface area contributed by atoms with Crippen molar-refractivity contribution in [3.05, 3.63) is 65.9 Å². The molecule has 3 rings (SSSR count). The minimum atomic E-state index is -4.91. The highest BCUT2D eigenvalue weighted by Gasteiger charge is 2.42. The number of nitrogens with zero attached hydrogens (tertiary/aromatic N) is 2. The molecular formula is C20H17F3N2O4. The first kappa shape index (κ1) is 20.4. The van der Waals surface area contributed by atoms with Crippen molar-refractivity contribution >= 4 is 23.1 Å². The number of benzene rings is 2. The summed E-state index contributed by atoms with van der Waals surface area (Å²) in [5.74, 6) is -1.92. The number of amides is 2. The van der Waals surface area contributed by atoms with Gasteiger partial charge in [-0.3, -0.25) is 9.59 Å². The first-order chi connectivity index (χ1) is 13.7. The van der Waals surface area contributed by atoms with Gasteiger partial charge in [0.05, 0.1) is 17.9 Å². The summed E-state index contributed by atoms with van der Waals surface area (Å²) in [6.45, 7) is -0.159. The van der Waals surface area contributed by atoms with Crippen LogP contribution in [0.4, 0.5) is 18.9 Å². The Labute approximate surface area is 164 Å². The van der Waals surface area contributed by atoms with Gasteiger partial charge in [0.2, 0.25) is 0 Å². The lowest BCUT2D eigenvalue weighted by Gasteiger charge is -2.20. The number of alkyl halides is 3. The Kier molecular flexibility index (Phi) is 5.60. The number of carbonyl (C=O) groups excluding carboxylic acids is 2. The minimum Gasteiger partial charge on any atom is -0.406 e. The van der Waals surface area contributed by atoms with E-state index < -0.39 is 23.9 Å². The Hall–Kier alpha value is -3.33. The predicted octanol–water partition coefficient (Wildman–Crippen LogP) is 2.79. The lowest BCUT2D eigenvalue weighted by molar-refractivity contribution is -0.274. The Morgan fingerprint density at radius 3 is 2.34 bits per heavy atom. The van der Waals surface area contributed by atoms with E-state index in [1.165, 1.54) is 17.0 Å². The van der Waals surface area contributed by atoms with E-state index in [0.29, 0.717) is 5.56 Å². The molecule has 2 aromatic rings. The van der Waals surface area contributed by atoms with Crippen LogP contribution < -0.4 is 9.64 Å². The largest absolute Gasteiger partial charge is 0.573 e. The molecule has 1 heterocycles. The highest BCUT2D eigenvalue weighted by molar-refractivity contribution is 6.45. The molecule has 0 spiro atoms. The van der Waals surface area contributed by atoms with Gasteiger partial charge in [-0.1, -0.05) is 36.4 Å². The number of carbonyl (C=O) groups is 2. The zero-order valence-corrected chi connectivity index (χ0v) is 15.3. The second-order valence-electron chi connectivity index (χ2n) is 6.23. The zero-order valence-electron chi connectivity index (χ0n) is 15.3. The van der Waals surface area contributed by atoms with Crippen LogP contribution in [0.2, 0.25) is 0 Å². The highest BCUT2D eigenvalue weighted by Crippen LogP contribution is 2.36. The number of anilines is 1. The summed E-state index contributed by atoms with van der Waals surface area (Å²) in [6, 6.07) is 13.1. The molecule has 9 heteroatoms.